The van der Waals surface area contributed by atoms with E-state index in [4.69, 9.17) is 4.74 Å². The van der Waals surface area contributed by atoms with Crippen LogP contribution in [0.3, 0.4) is 0 Å². The lowest BCUT2D eigenvalue weighted by molar-refractivity contribution is 0.407. The van der Waals surface area contributed by atoms with E-state index in [0.29, 0.717) is 0 Å². The predicted octanol–water partition coefficient (Wildman–Crippen LogP) is 1.89. The summed E-state index contributed by atoms with van der Waals surface area (Å²) in [5, 5.41) is 0. The van der Waals surface area contributed by atoms with Crippen molar-refractivity contribution >= 4 is 0 Å². The largest absolute Gasteiger partial charge is 0.496 e. The molecule has 2 heteroatoms. The van der Waals surface area contributed by atoms with Crippen molar-refractivity contribution in [1.29, 1.82) is 0 Å². The fraction of sp³-hybridized carbons (Fsp3) is 0.333. The first kappa shape index (κ1) is 8.05. The maximum Gasteiger partial charge on any atom is 0.128 e. The van der Waals surface area contributed by atoms with Crippen LogP contribution in [0, 0.1) is 20.8 Å². The Morgan fingerprint density at radius 3 is 2.55 bits per heavy atom. The summed E-state index contributed by atoms with van der Waals surface area (Å²) in [6.07, 6.45) is 1.77. The molecule has 2 nitrogen and oxygen atoms in total. The predicted molar refractivity (Wildman–Crippen MR) is 44.7 cm³/mol. The first-order chi connectivity index (χ1) is 5.16. The van der Waals surface area contributed by atoms with Gasteiger partial charge in [0.05, 0.1) is 7.11 Å². The molecule has 0 aliphatic carbocycles. The molecule has 0 atom stereocenters. The van der Waals surface area contributed by atoms with Crippen molar-refractivity contribution in [2.24, 2.45) is 0 Å². The van der Waals surface area contributed by atoms with E-state index in [2.05, 4.69) is 11.9 Å². The third-order valence-corrected chi connectivity index (χ3v) is 1.75. The van der Waals surface area contributed by atoms with Crippen molar-refractivity contribution in [3.05, 3.63) is 29.9 Å². The molecule has 0 bridgehead atoms. The Bertz CT molecular complexity index is 269. The van der Waals surface area contributed by atoms with E-state index in [-0.39, 0.29) is 0 Å². The first-order valence-electron chi connectivity index (χ1n) is 3.49. The second-order valence-corrected chi connectivity index (χ2v) is 2.55. The summed E-state index contributed by atoms with van der Waals surface area (Å²) in [4.78, 5) is 4.10. The lowest BCUT2D eigenvalue weighted by atomic mass is 10.1. The molecule has 1 radical (unpaired) electrons. The van der Waals surface area contributed by atoms with Gasteiger partial charge in [0.2, 0.25) is 0 Å². The zero-order valence-electron chi connectivity index (χ0n) is 7.14. The highest BCUT2D eigenvalue weighted by Crippen LogP contribution is 2.22. The van der Waals surface area contributed by atoms with E-state index in [1.807, 2.05) is 13.8 Å². The van der Waals surface area contributed by atoms with Gasteiger partial charge in [-0.15, -0.1) is 0 Å². The van der Waals surface area contributed by atoms with Gasteiger partial charge in [0.1, 0.15) is 5.75 Å². The first-order valence-corrected chi connectivity index (χ1v) is 3.49. The topological polar surface area (TPSA) is 22.1 Å². The third-order valence-electron chi connectivity index (χ3n) is 1.75. The van der Waals surface area contributed by atoms with Crippen LogP contribution in [0.5, 0.6) is 5.75 Å². The molecule has 0 fully saturated rings. The monoisotopic (exact) mass is 150 g/mol. The van der Waals surface area contributed by atoms with E-state index in [1.54, 1.807) is 13.3 Å². The average molecular weight is 150 g/mol. The van der Waals surface area contributed by atoms with Gasteiger partial charge in [-0.1, -0.05) is 0 Å². The molecule has 0 amide bonds. The number of pyridine rings is 1. The highest BCUT2D eigenvalue weighted by molar-refractivity contribution is 5.41. The van der Waals surface area contributed by atoms with E-state index >= 15 is 0 Å². The average Bonchev–Trinajstić information content (AvgIpc) is 1.99. The van der Waals surface area contributed by atoms with E-state index in [9.17, 15) is 0 Å². The molecule has 1 rings (SSSR count). The lowest BCUT2D eigenvalue weighted by Gasteiger charge is -2.08. The fourth-order valence-electron chi connectivity index (χ4n) is 1.07. The van der Waals surface area contributed by atoms with Crippen LogP contribution in [0.4, 0.5) is 0 Å². The van der Waals surface area contributed by atoms with Crippen molar-refractivity contribution in [2.45, 2.75) is 13.8 Å². The summed E-state index contributed by atoms with van der Waals surface area (Å²) in [5.41, 5.74) is 2.86. The Balaban J connectivity index is 3.29. The summed E-state index contributed by atoms with van der Waals surface area (Å²) < 4.78 is 5.18. The molecule has 1 aromatic heterocycles. The van der Waals surface area contributed by atoms with Crippen LogP contribution in [-0.4, -0.2) is 12.1 Å². The molecule has 1 heterocycles. The molecule has 0 saturated heterocycles. The quantitative estimate of drug-likeness (QED) is 0.610. The number of nitrogens with zero attached hydrogens (tertiary/aromatic N) is 1. The standard InChI is InChI=1S/C9H12NO/c1-6-5-10-8(3)7(2)9(6)11-4/h5H,3H2,1-2,4H3. The number of aromatic nitrogens is 1. The van der Waals surface area contributed by atoms with Gasteiger partial charge in [0, 0.05) is 23.0 Å². The van der Waals surface area contributed by atoms with Gasteiger partial charge < -0.3 is 4.74 Å². The van der Waals surface area contributed by atoms with Crippen LogP contribution < -0.4 is 4.74 Å². The van der Waals surface area contributed by atoms with Gasteiger partial charge in [0.15, 0.2) is 0 Å². The van der Waals surface area contributed by atoms with Gasteiger partial charge in [0.25, 0.3) is 0 Å². The molecule has 1 aromatic rings. The minimum absolute atomic E-state index is 0.785. The SMILES string of the molecule is [CH2]c1ncc(C)c(OC)c1C. The van der Waals surface area contributed by atoms with Gasteiger partial charge >= 0.3 is 0 Å². The van der Waals surface area contributed by atoms with E-state index < -0.39 is 0 Å². The summed E-state index contributed by atoms with van der Waals surface area (Å²) >= 11 is 0. The summed E-state index contributed by atoms with van der Waals surface area (Å²) in [5.74, 6) is 0.894. The molecule has 0 aliphatic heterocycles. The maximum atomic E-state index is 5.18. The Labute approximate surface area is 67.2 Å². The highest BCUT2D eigenvalue weighted by Gasteiger charge is 2.04. The lowest BCUT2D eigenvalue weighted by Crippen LogP contribution is -1.95. The fourth-order valence-corrected chi connectivity index (χ4v) is 1.07. The Morgan fingerprint density at radius 1 is 1.45 bits per heavy atom. The van der Waals surface area contributed by atoms with Crippen LogP contribution in [0.25, 0.3) is 0 Å². The minimum atomic E-state index is 0.785. The second-order valence-electron chi connectivity index (χ2n) is 2.55. The van der Waals surface area contributed by atoms with Crippen LogP contribution >= 0.6 is 0 Å². The molecule has 0 aromatic carbocycles. The van der Waals surface area contributed by atoms with E-state index in [0.717, 1.165) is 22.6 Å². The normalized spacial score (nSPS) is 9.82. The minimum Gasteiger partial charge on any atom is -0.496 e. The Hall–Kier alpha value is -1.05. The van der Waals surface area contributed by atoms with Crippen molar-refractivity contribution in [2.75, 3.05) is 7.11 Å². The third kappa shape index (κ3) is 1.34. The summed E-state index contributed by atoms with van der Waals surface area (Å²) in [7, 11) is 1.66. The van der Waals surface area contributed by atoms with Crippen LogP contribution in [0.15, 0.2) is 6.20 Å². The number of rotatable bonds is 1. The van der Waals surface area contributed by atoms with Crippen molar-refractivity contribution < 1.29 is 4.74 Å². The van der Waals surface area contributed by atoms with Crippen molar-refractivity contribution in [1.82, 2.24) is 4.98 Å². The van der Waals surface area contributed by atoms with Crippen molar-refractivity contribution in [3.8, 4) is 5.75 Å². The van der Waals surface area contributed by atoms with Crippen molar-refractivity contribution in [3.63, 3.8) is 0 Å². The van der Waals surface area contributed by atoms with Gasteiger partial charge in [-0.25, -0.2) is 0 Å². The number of aryl methyl sites for hydroxylation is 1. The highest BCUT2D eigenvalue weighted by atomic mass is 16.5. The van der Waals surface area contributed by atoms with Crippen LogP contribution in [0.2, 0.25) is 0 Å². The molecule has 11 heavy (non-hydrogen) atoms. The van der Waals surface area contributed by atoms with Gasteiger partial charge in [-0.2, -0.15) is 0 Å². The Morgan fingerprint density at radius 2 is 2.09 bits per heavy atom. The molecule has 0 N–H and O–H groups in total. The van der Waals surface area contributed by atoms with Crippen LogP contribution in [-0.2, 0) is 0 Å². The molecule has 0 aliphatic rings. The summed E-state index contributed by atoms with van der Waals surface area (Å²) in [6.45, 7) is 7.71. The van der Waals surface area contributed by atoms with Crippen LogP contribution in [0.1, 0.15) is 16.8 Å². The van der Waals surface area contributed by atoms with Gasteiger partial charge in [-0.05, 0) is 20.8 Å². The van der Waals surface area contributed by atoms with E-state index in [1.165, 1.54) is 0 Å². The molecule has 0 unspecified atom stereocenters. The number of hydrogen-bond acceptors (Lipinski definition) is 2. The molecular formula is C9H12NO. The number of methoxy groups -OCH3 is 1. The van der Waals surface area contributed by atoms with Gasteiger partial charge in [-0.3, -0.25) is 4.98 Å². The molecule has 0 saturated carbocycles. The number of hydrogen-bond donors (Lipinski definition) is 0. The zero-order chi connectivity index (χ0) is 8.43. The Kier molecular flexibility index (Phi) is 2.13. The zero-order valence-corrected chi connectivity index (χ0v) is 7.14. The summed E-state index contributed by atoms with van der Waals surface area (Å²) in [6, 6.07) is 0. The molecule has 59 valence electrons. The molecule has 0 spiro atoms. The molecular weight excluding hydrogens is 138 g/mol. The maximum absolute atomic E-state index is 5.18. The smallest absolute Gasteiger partial charge is 0.128 e. The second kappa shape index (κ2) is 2.91. The number of ether oxygens (including phenoxy) is 1.